The van der Waals surface area contributed by atoms with Gasteiger partial charge in [-0.1, -0.05) is 6.07 Å². The predicted molar refractivity (Wildman–Crippen MR) is 112 cm³/mol. The Hall–Kier alpha value is -2.38. The number of piperazine rings is 1. The maximum Gasteiger partial charge on any atom is 0.419 e. The van der Waals surface area contributed by atoms with Gasteiger partial charge < -0.3 is 10.0 Å². The highest BCUT2D eigenvalue weighted by molar-refractivity contribution is 7.91. The molecule has 186 valence electrons. The van der Waals surface area contributed by atoms with Crippen LogP contribution in [0, 0.1) is 17.6 Å². The fourth-order valence-electron chi connectivity index (χ4n) is 4.42. The van der Waals surface area contributed by atoms with Crippen molar-refractivity contribution >= 4 is 15.8 Å². The molecule has 1 aromatic heterocycles. The summed E-state index contributed by atoms with van der Waals surface area (Å²) in [5, 5.41) is 11.1. The Morgan fingerprint density at radius 1 is 1.03 bits per heavy atom. The van der Waals surface area contributed by atoms with E-state index >= 15 is 0 Å². The molecule has 2 atom stereocenters. The fraction of sp³-hybridized carbons (Fsp3) is 0.524. The summed E-state index contributed by atoms with van der Waals surface area (Å²) in [6, 6.07) is 2.70. The van der Waals surface area contributed by atoms with Gasteiger partial charge in [-0.15, -0.1) is 0 Å². The summed E-state index contributed by atoms with van der Waals surface area (Å²) in [6.07, 6.45) is -3.71. The lowest BCUT2D eigenvalue weighted by molar-refractivity contribution is -0.138. The van der Waals surface area contributed by atoms with Crippen LogP contribution in [0.3, 0.4) is 0 Å². The number of nitrogens with zero attached hydrogens (tertiary/aromatic N) is 4. The summed E-state index contributed by atoms with van der Waals surface area (Å²) in [5.41, 5.74) is -0.632. The smallest absolute Gasteiger partial charge is 0.378 e. The number of halogens is 5. The molecule has 2 fully saturated rings. The third kappa shape index (κ3) is 5.31. The molecule has 0 saturated carbocycles. The van der Waals surface area contributed by atoms with Gasteiger partial charge in [-0.05, 0) is 30.5 Å². The number of aliphatic hydroxyl groups is 1. The molecule has 34 heavy (non-hydrogen) atoms. The molecule has 2 aliphatic heterocycles. The van der Waals surface area contributed by atoms with Crippen LogP contribution in [0.1, 0.15) is 30.0 Å². The van der Waals surface area contributed by atoms with Gasteiger partial charge >= 0.3 is 6.18 Å². The topological polar surface area (TPSA) is 86.6 Å². The van der Waals surface area contributed by atoms with Crippen molar-refractivity contribution in [3.63, 3.8) is 0 Å². The first-order valence-electron chi connectivity index (χ1n) is 10.7. The number of sulfone groups is 1. The number of aromatic nitrogens is 2. The van der Waals surface area contributed by atoms with Crippen molar-refractivity contribution in [2.45, 2.75) is 31.3 Å². The first kappa shape index (κ1) is 24.7. The van der Waals surface area contributed by atoms with E-state index in [1.807, 2.05) is 0 Å². The lowest BCUT2D eigenvalue weighted by Gasteiger charge is -2.46. The number of aliphatic hydroxyl groups excluding tert-OH is 1. The molecule has 0 bridgehead atoms. The van der Waals surface area contributed by atoms with E-state index in [1.165, 1.54) is 6.07 Å². The quantitative estimate of drug-likeness (QED) is 0.639. The summed E-state index contributed by atoms with van der Waals surface area (Å²) in [7, 11) is -3.14. The summed E-state index contributed by atoms with van der Waals surface area (Å²) < 4.78 is 89.6. The zero-order valence-electron chi connectivity index (χ0n) is 17.9. The second-order valence-corrected chi connectivity index (χ2v) is 10.8. The van der Waals surface area contributed by atoms with Crippen molar-refractivity contribution < 1.29 is 35.5 Å². The maximum absolute atomic E-state index is 14.0. The van der Waals surface area contributed by atoms with E-state index in [2.05, 4.69) is 9.97 Å². The molecule has 4 rings (SSSR count). The van der Waals surface area contributed by atoms with Crippen molar-refractivity contribution in [1.82, 2.24) is 14.9 Å². The highest BCUT2D eigenvalue weighted by Crippen LogP contribution is 2.34. The van der Waals surface area contributed by atoms with Crippen molar-refractivity contribution in [2.75, 3.05) is 36.0 Å². The van der Waals surface area contributed by atoms with E-state index in [9.17, 15) is 35.5 Å². The first-order valence-corrected chi connectivity index (χ1v) is 12.5. The Bertz CT molecular complexity index is 1120. The summed E-state index contributed by atoms with van der Waals surface area (Å²) in [5.74, 6) is -2.47. The number of alkyl halides is 3. The van der Waals surface area contributed by atoms with Gasteiger partial charge in [-0.3, -0.25) is 4.90 Å². The molecular formula is C21H23F5N4O3S. The zero-order chi connectivity index (χ0) is 24.7. The monoisotopic (exact) mass is 506 g/mol. The molecule has 1 aromatic carbocycles. The molecule has 0 radical (unpaired) electrons. The van der Waals surface area contributed by atoms with Crippen LogP contribution in [0.15, 0.2) is 30.6 Å². The highest BCUT2D eigenvalue weighted by atomic mass is 32.2. The molecule has 7 nitrogen and oxygen atoms in total. The Morgan fingerprint density at radius 3 is 2.26 bits per heavy atom. The second-order valence-electron chi connectivity index (χ2n) is 8.55. The van der Waals surface area contributed by atoms with Gasteiger partial charge in [-0.2, -0.15) is 13.2 Å². The van der Waals surface area contributed by atoms with Gasteiger partial charge in [0, 0.05) is 37.9 Å². The number of hydrogen-bond acceptors (Lipinski definition) is 7. The second kappa shape index (κ2) is 9.34. The third-order valence-corrected chi connectivity index (χ3v) is 8.07. The minimum absolute atomic E-state index is 0.0378. The Morgan fingerprint density at radius 2 is 1.68 bits per heavy atom. The first-order chi connectivity index (χ1) is 15.9. The van der Waals surface area contributed by atoms with Gasteiger partial charge in [-0.25, -0.2) is 27.2 Å². The number of benzene rings is 1. The van der Waals surface area contributed by atoms with E-state index in [0.717, 1.165) is 12.1 Å². The molecule has 2 aliphatic rings. The fourth-order valence-corrected chi connectivity index (χ4v) is 5.95. The van der Waals surface area contributed by atoms with Crippen molar-refractivity contribution in [3.05, 3.63) is 53.4 Å². The van der Waals surface area contributed by atoms with Crippen LogP contribution in [0.25, 0.3) is 0 Å². The lowest BCUT2D eigenvalue weighted by Crippen LogP contribution is -2.55. The molecule has 0 aliphatic carbocycles. The van der Waals surface area contributed by atoms with Gasteiger partial charge in [0.05, 0.1) is 23.1 Å². The molecular weight excluding hydrogens is 483 g/mol. The summed E-state index contributed by atoms with van der Waals surface area (Å²) in [4.78, 5) is 10.9. The van der Waals surface area contributed by atoms with Crippen LogP contribution in [0.4, 0.5) is 27.9 Å². The van der Waals surface area contributed by atoms with E-state index in [-0.39, 0.29) is 55.8 Å². The molecule has 1 unspecified atom stereocenters. The van der Waals surface area contributed by atoms with E-state index < -0.39 is 45.5 Å². The van der Waals surface area contributed by atoms with Crippen molar-refractivity contribution in [1.29, 1.82) is 0 Å². The summed E-state index contributed by atoms with van der Waals surface area (Å²) in [6.45, 7) is 0.574. The summed E-state index contributed by atoms with van der Waals surface area (Å²) >= 11 is 0. The Balaban J connectivity index is 1.59. The normalized spacial score (nSPS) is 23.1. The molecule has 3 heterocycles. The van der Waals surface area contributed by atoms with Crippen LogP contribution in [0.5, 0.6) is 0 Å². The minimum atomic E-state index is -4.58. The van der Waals surface area contributed by atoms with E-state index in [0.29, 0.717) is 18.0 Å². The zero-order valence-corrected chi connectivity index (χ0v) is 18.7. The minimum Gasteiger partial charge on any atom is -0.378 e. The number of hydrogen-bond donors (Lipinski definition) is 1. The van der Waals surface area contributed by atoms with Crippen LogP contribution in [0.2, 0.25) is 0 Å². The Kier molecular flexibility index (Phi) is 6.80. The molecule has 2 saturated heterocycles. The van der Waals surface area contributed by atoms with Crippen LogP contribution < -0.4 is 4.90 Å². The van der Waals surface area contributed by atoms with Crippen molar-refractivity contribution in [3.8, 4) is 0 Å². The number of rotatable bonds is 4. The van der Waals surface area contributed by atoms with Crippen LogP contribution >= 0.6 is 0 Å². The van der Waals surface area contributed by atoms with Gasteiger partial charge in [0.1, 0.15) is 16.1 Å². The van der Waals surface area contributed by atoms with Gasteiger partial charge in [0.15, 0.2) is 11.6 Å². The maximum atomic E-state index is 14.0. The Labute approximate surface area is 193 Å². The SMILES string of the molecule is O=S1(=O)CCC(C(O)N2CCN(c3ncc(C(F)(F)F)cn3)C[C@@H]2c2ccc(F)c(F)c2)CC1. The van der Waals surface area contributed by atoms with Crippen LogP contribution in [-0.4, -0.2) is 65.8 Å². The van der Waals surface area contributed by atoms with Gasteiger partial charge in [0.25, 0.3) is 0 Å². The third-order valence-electron chi connectivity index (χ3n) is 6.36. The van der Waals surface area contributed by atoms with Crippen molar-refractivity contribution in [2.24, 2.45) is 5.92 Å². The molecule has 2 aromatic rings. The highest BCUT2D eigenvalue weighted by Gasteiger charge is 2.39. The van der Waals surface area contributed by atoms with E-state index in [4.69, 9.17) is 0 Å². The largest absolute Gasteiger partial charge is 0.419 e. The molecule has 0 amide bonds. The van der Waals surface area contributed by atoms with E-state index in [1.54, 1.807) is 9.80 Å². The average molecular weight is 506 g/mol. The standard InChI is InChI=1S/C21H23F5N4O3S/c22-16-2-1-14(9-17(16)23)18-12-29(20-27-10-15(11-28-20)21(24,25)26)5-6-30(18)19(31)13-3-7-34(32,33)8-4-13/h1-2,9-11,13,18-19,31H,3-8,12H2/t18-,19?/m1/s1. The van der Waals surface area contributed by atoms with Gasteiger partial charge in [0.2, 0.25) is 5.95 Å². The molecule has 0 spiro atoms. The lowest BCUT2D eigenvalue weighted by atomic mass is 9.95. The number of anilines is 1. The average Bonchev–Trinajstić information content (AvgIpc) is 2.79. The molecule has 13 heteroatoms. The predicted octanol–water partition coefficient (Wildman–Crippen LogP) is 2.78. The van der Waals surface area contributed by atoms with Crippen LogP contribution in [-0.2, 0) is 16.0 Å². The molecule has 1 N–H and O–H groups in total.